The van der Waals surface area contributed by atoms with Gasteiger partial charge in [0, 0.05) is 23.4 Å². The molecule has 3 aromatic carbocycles. The lowest BCUT2D eigenvalue weighted by molar-refractivity contribution is 0.250. The Morgan fingerprint density at radius 2 is 1.92 bits per heavy atom. The van der Waals surface area contributed by atoms with E-state index >= 15 is 0 Å². The van der Waals surface area contributed by atoms with Crippen LogP contribution in [0.5, 0.6) is 5.75 Å². The smallest absolute Gasteiger partial charge is 0.289 e. The highest BCUT2D eigenvalue weighted by Crippen LogP contribution is 2.31. The second-order valence-electron chi connectivity index (χ2n) is 8.18. The molecule has 0 fully saturated rings. The third-order valence-electron chi connectivity index (χ3n) is 5.54. The van der Waals surface area contributed by atoms with Gasteiger partial charge in [0.2, 0.25) is 0 Å². The van der Waals surface area contributed by atoms with Gasteiger partial charge in [-0.3, -0.25) is 0 Å². The molecule has 1 unspecified atom stereocenters. The molecule has 10 heteroatoms. The van der Waals surface area contributed by atoms with Crippen LogP contribution in [0.2, 0.25) is 5.02 Å². The highest BCUT2D eigenvalue weighted by molar-refractivity contribution is 6.32. The number of anilines is 3. The van der Waals surface area contributed by atoms with Crippen LogP contribution in [-0.4, -0.2) is 40.4 Å². The summed E-state index contributed by atoms with van der Waals surface area (Å²) in [7, 11) is 0. The van der Waals surface area contributed by atoms with Crippen LogP contribution < -0.4 is 15.4 Å². The minimum atomic E-state index is -0.313. The molecule has 8 nitrogen and oxygen atoms in total. The summed E-state index contributed by atoms with van der Waals surface area (Å²) in [5, 5.41) is 16.7. The van der Waals surface area contributed by atoms with Gasteiger partial charge < -0.3 is 25.2 Å². The third kappa shape index (κ3) is 5.64. The van der Waals surface area contributed by atoms with Gasteiger partial charge in [0.15, 0.2) is 0 Å². The largest absolute Gasteiger partial charge is 0.487 e. The van der Waals surface area contributed by atoms with Crippen molar-refractivity contribution in [2.45, 2.75) is 19.1 Å². The first kappa shape index (κ1) is 23.8. The van der Waals surface area contributed by atoms with Crippen molar-refractivity contribution in [2.24, 2.45) is 4.99 Å². The number of aliphatic hydroxyl groups is 1. The number of aromatic nitrogens is 2. The lowest BCUT2D eigenvalue weighted by atomic mass is 10.2. The Morgan fingerprint density at radius 3 is 2.75 bits per heavy atom. The predicted molar refractivity (Wildman–Crippen MR) is 138 cm³/mol. The van der Waals surface area contributed by atoms with Crippen molar-refractivity contribution in [3.63, 3.8) is 0 Å². The first-order chi connectivity index (χ1) is 17.6. The van der Waals surface area contributed by atoms with Crippen LogP contribution in [0, 0.1) is 5.82 Å². The van der Waals surface area contributed by atoms with E-state index in [1.807, 2.05) is 24.3 Å². The van der Waals surface area contributed by atoms with Gasteiger partial charge in [-0.2, -0.15) is 0 Å². The van der Waals surface area contributed by atoms with E-state index < -0.39 is 0 Å². The zero-order chi connectivity index (χ0) is 24.9. The molecule has 184 valence electrons. The number of rotatable bonds is 8. The fraction of sp³-hybridized carbons (Fsp3) is 0.192. The molecule has 0 aliphatic carbocycles. The summed E-state index contributed by atoms with van der Waals surface area (Å²) in [6.45, 7) is 0.707. The second kappa shape index (κ2) is 10.8. The van der Waals surface area contributed by atoms with Gasteiger partial charge in [-0.25, -0.2) is 19.4 Å². The molecule has 1 aliphatic heterocycles. The van der Waals surface area contributed by atoms with Crippen LogP contribution in [0.3, 0.4) is 0 Å². The first-order valence-corrected chi connectivity index (χ1v) is 11.7. The lowest BCUT2D eigenvalue weighted by Crippen LogP contribution is -2.12. The molecule has 4 aromatic rings. The summed E-state index contributed by atoms with van der Waals surface area (Å²) >= 11 is 6.44. The fourth-order valence-electron chi connectivity index (χ4n) is 3.76. The van der Waals surface area contributed by atoms with Crippen molar-refractivity contribution in [3.05, 3.63) is 83.4 Å². The summed E-state index contributed by atoms with van der Waals surface area (Å²) in [5.41, 5.74) is 2.95. The Bertz CT molecular complexity index is 1420. The number of benzene rings is 3. The predicted octanol–water partition coefficient (Wildman–Crippen LogP) is 5.29. The molecule has 0 radical (unpaired) electrons. The molecule has 1 aromatic heterocycles. The first-order valence-electron chi connectivity index (χ1n) is 11.3. The van der Waals surface area contributed by atoms with Crippen molar-refractivity contribution in [1.82, 2.24) is 9.97 Å². The molecule has 5 rings (SSSR count). The topological polar surface area (TPSA) is 101 Å². The minimum absolute atomic E-state index is 0.0518. The number of hydrogen-bond donors (Lipinski definition) is 3. The molecular formula is C26H23ClFN5O3. The van der Waals surface area contributed by atoms with Crippen LogP contribution in [0.1, 0.15) is 12.0 Å². The van der Waals surface area contributed by atoms with Crippen molar-refractivity contribution >= 4 is 45.7 Å². The minimum Gasteiger partial charge on any atom is -0.487 e. The van der Waals surface area contributed by atoms with E-state index in [1.165, 1.54) is 18.5 Å². The molecule has 0 bridgehead atoms. The zero-order valence-electron chi connectivity index (χ0n) is 19.1. The Morgan fingerprint density at radius 1 is 1.06 bits per heavy atom. The number of aliphatic imine (C=N–C) groups is 1. The number of fused-ring (bicyclic) bond motifs is 1. The van der Waals surface area contributed by atoms with Crippen LogP contribution in [0.15, 0.2) is 72.0 Å². The van der Waals surface area contributed by atoms with E-state index in [0.717, 1.165) is 16.6 Å². The highest BCUT2D eigenvalue weighted by atomic mass is 35.5. The van der Waals surface area contributed by atoms with Crippen molar-refractivity contribution in [1.29, 1.82) is 0 Å². The van der Waals surface area contributed by atoms with E-state index in [0.29, 0.717) is 46.9 Å². The third-order valence-corrected chi connectivity index (χ3v) is 5.83. The van der Waals surface area contributed by atoms with Crippen LogP contribution >= 0.6 is 11.6 Å². The number of aliphatic hydroxyl groups excluding tert-OH is 1. The van der Waals surface area contributed by atoms with E-state index in [-0.39, 0.29) is 25.1 Å². The summed E-state index contributed by atoms with van der Waals surface area (Å²) in [6.07, 6.45) is 2.04. The van der Waals surface area contributed by atoms with Crippen molar-refractivity contribution in [3.8, 4) is 5.75 Å². The van der Waals surface area contributed by atoms with Crippen LogP contribution in [-0.2, 0) is 11.3 Å². The Labute approximate surface area is 211 Å². The average molecular weight is 508 g/mol. The summed E-state index contributed by atoms with van der Waals surface area (Å²) in [6, 6.07) is 17.6. The number of amidine groups is 1. The van der Waals surface area contributed by atoms with Gasteiger partial charge in [-0.05, 0) is 60.5 Å². The zero-order valence-corrected chi connectivity index (χ0v) is 19.9. The highest BCUT2D eigenvalue weighted by Gasteiger charge is 2.18. The van der Waals surface area contributed by atoms with Crippen molar-refractivity contribution < 1.29 is 19.0 Å². The van der Waals surface area contributed by atoms with Gasteiger partial charge in [-0.1, -0.05) is 23.7 Å². The monoisotopic (exact) mass is 507 g/mol. The summed E-state index contributed by atoms with van der Waals surface area (Å²) < 4.78 is 24.7. The SMILES string of the molecule is OCCC1COC(Nc2ccc3ncnc(Nc4ccc(OCc5cccc(F)c5)c(Cl)c4)c3c2)=N1. The molecule has 3 N–H and O–H groups in total. The average Bonchev–Trinajstić information content (AvgIpc) is 3.31. The molecule has 36 heavy (non-hydrogen) atoms. The quantitative estimate of drug-likeness (QED) is 0.298. The van der Waals surface area contributed by atoms with Gasteiger partial charge in [-0.15, -0.1) is 0 Å². The number of hydrogen-bond acceptors (Lipinski definition) is 8. The van der Waals surface area contributed by atoms with E-state index in [2.05, 4.69) is 25.6 Å². The van der Waals surface area contributed by atoms with Gasteiger partial charge >= 0.3 is 0 Å². The Hall–Kier alpha value is -3.95. The molecule has 0 saturated heterocycles. The second-order valence-corrected chi connectivity index (χ2v) is 8.59. The molecule has 0 saturated carbocycles. The standard InChI is InChI=1S/C26H23ClFN5O3/c27-22-12-19(5-7-24(22)35-13-16-2-1-3-17(28)10-16)31-25-21-11-18(4-6-23(21)29-15-30-25)32-26-33-20(8-9-34)14-36-26/h1-7,10-12,15,20,34H,8-9,13-14H2,(H,32,33)(H,29,30,31). The number of halogens is 2. The molecule has 0 amide bonds. The number of nitrogens with zero attached hydrogens (tertiary/aromatic N) is 3. The van der Waals surface area contributed by atoms with Crippen LogP contribution in [0.4, 0.5) is 21.6 Å². The molecular weight excluding hydrogens is 485 g/mol. The maximum Gasteiger partial charge on any atom is 0.289 e. The number of ether oxygens (including phenoxy) is 2. The fourth-order valence-corrected chi connectivity index (χ4v) is 3.99. The van der Waals surface area contributed by atoms with E-state index in [4.69, 9.17) is 26.2 Å². The molecule has 0 spiro atoms. The van der Waals surface area contributed by atoms with Crippen LogP contribution in [0.25, 0.3) is 10.9 Å². The molecule has 2 heterocycles. The molecule has 1 aliphatic rings. The maximum atomic E-state index is 13.4. The van der Waals surface area contributed by atoms with E-state index in [1.54, 1.807) is 24.3 Å². The normalized spacial score (nSPS) is 14.9. The van der Waals surface area contributed by atoms with Crippen molar-refractivity contribution in [2.75, 3.05) is 23.8 Å². The summed E-state index contributed by atoms with van der Waals surface area (Å²) in [5.74, 6) is 0.773. The van der Waals surface area contributed by atoms with Gasteiger partial charge in [0.25, 0.3) is 6.02 Å². The molecule has 1 atom stereocenters. The number of nitrogens with one attached hydrogen (secondary N) is 2. The lowest BCUT2D eigenvalue weighted by Gasteiger charge is -2.13. The summed E-state index contributed by atoms with van der Waals surface area (Å²) in [4.78, 5) is 13.2. The Balaban J connectivity index is 1.31. The van der Waals surface area contributed by atoms with E-state index in [9.17, 15) is 4.39 Å². The van der Waals surface area contributed by atoms with Gasteiger partial charge in [0.05, 0.1) is 16.6 Å². The Kier molecular flexibility index (Phi) is 7.11. The van der Waals surface area contributed by atoms with Gasteiger partial charge in [0.1, 0.15) is 36.9 Å². The maximum absolute atomic E-state index is 13.4.